The van der Waals surface area contributed by atoms with Crippen LogP contribution in [0.25, 0.3) is 0 Å². The first-order valence-electron chi connectivity index (χ1n) is 8.69. The smallest absolute Gasteiger partial charge is 0.261 e. The van der Waals surface area contributed by atoms with Crippen LogP contribution in [0.4, 0.5) is 11.6 Å². The van der Waals surface area contributed by atoms with Crippen molar-refractivity contribution >= 4 is 17.5 Å². The van der Waals surface area contributed by atoms with Crippen LogP contribution in [0, 0.1) is 0 Å². The van der Waals surface area contributed by atoms with Crippen LogP contribution in [0.15, 0.2) is 67.0 Å². The van der Waals surface area contributed by atoms with Gasteiger partial charge in [-0.05, 0) is 29.7 Å². The zero-order chi connectivity index (χ0) is 17.9. The largest absolute Gasteiger partial charge is 0.336 e. The van der Waals surface area contributed by atoms with Crippen molar-refractivity contribution < 1.29 is 4.79 Å². The maximum absolute atomic E-state index is 12.6. The number of benzene rings is 2. The van der Waals surface area contributed by atoms with E-state index in [1.807, 2.05) is 30.3 Å². The normalized spacial score (nSPS) is 13.2. The lowest BCUT2D eigenvalue weighted by Gasteiger charge is -2.28. The van der Waals surface area contributed by atoms with Gasteiger partial charge in [-0.1, -0.05) is 42.5 Å². The molecule has 5 heteroatoms. The maximum Gasteiger partial charge on any atom is 0.261 e. The van der Waals surface area contributed by atoms with Crippen LogP contribution >= 0.6 is 0 Å². The minimum absolute atomic E-state index is 0.119. The second-order valence-electron chi connectivity index (χ2n) is 6.41. The quantitative estimate of drug-likeness (QED) is 0.731. The van der Waals surface area contributed by atoms with Crippen molar-refractivity contribution in [2.75, 3.05) is 23.4 Å². The fraction of sp³-hybridized carbons (Fsp3) is 0.190. The van der Waals surface area contributed by atoms with Crippen molar-refractivity contribution in [3.63, 3.8) is 0 Å². The summed E-state index contributed by atoms with van der Waals surface area (Å²) in [4.78, 5) is 25.3. The molecule has 0 saturated carbocycles. The number of aromatic nitrogens is 2. The monoisotopic (exact) mass is 344 g/mol. The molecule has 4 rings (SSSR count). The molecule has 2 aromatic carbocycles. The fourth-order valence-corrected chi connectivity index (χ4v) is 3.22. The summed E-state index contributed by atoms with van der Waals surface area (Å²) in [6.45, 7) is 1.68. The lowest BCUT2D eigenvalue weighted by atomic mass is 10.0. The van der Waals surface area contributed by atoms with E-state index < -0.39 is 0 Å². The lowest BCUT2D eigenvalue weighted by molar-refractivity contribution is 0.0992. The Labute approximate surface area is 152 Å². The van der Waals surface area contributed by atoms with Gasteiger partial charge in [0, 0.05) is 38.2 Å². The summed E-state index contributed by atoms with van der Waals surface area (Å²) >= 11 is 0. The summed E-state index contributed by atoms with van der Waals surface area (Å²) in [6.07, 6.45) is 4.21. The minimum atomic E-state index is -0.119. The predicted octanol–water partition coefficient (Wildman–Crippen LogP) is 3.32. The molecule has 130 valence electrons. The van der Waals surface area contributed by atoms with Crippen LogP contribution in [-0.4, -0.2) is 29.5 Å². The molecule has 0 radical (unpaired) electrons. The predicted molar refractivity (Wildman–Crippen MR) is 102 cm³/mol. The average molecular weight is 344 g/mol. The number of rotatable bonds is 3. The molecule has 0 unspecified atom stereocenters. The summed E-state index contributed by atoms with van der Waals surface area (Å²) in [7, 11) is 1.76. The molecule has 1 aliphatic rings. The number of fused-ring (bicyclic) bond motifs is 1. The summed E-state index contributed by atoms with van der Waals surface area (Å²) in [6, 6.07) is 18.0. The standard InChI is InChI=1S/C21H20N4O/c1-24(19-9-3-2-4-10-19)20(26)18-13-22-21(23-14-18)25-12-11-16-7-5-6-8-17(16)15-25/h2-10,13-14H,11-12,15H2,1H3. The Bertz CT molecular complexity index is 909. The molecule has 0 aliphatic carbocycles. The first kappa shape index (κ1) is 16.3. The van der Waals surface area contributed by atoms with E-state index in [0.29, 0.717) is 11.5 Å². The molecule has 3 aromatic rings. The van der Waals surface area contributed by atoms with Gasteiger partial charge in [0.25, 0.3) is 5.91 Å². The maximum atomic E-state index is 12.6. The van der Waals surface area contributed by atoms with Crippen molar-refractivity contribution in [3.8, 4) is 0 Å². The van der Waals surface area contributed by atoms with E-state index in [4.69, 9.17) is 0 Å². The van der Waals surface area contributed by atoms with E-state index in [2.05, 4.69) is 39.1 Å². The van der Waals surface area contributed by atoms with Gasteiger partial charge in [0.15, 0.2) is 0 Å². The second kappa shape index (κ2) is 6.96. The van der Waals surface area contributed by atoms with Crippen LogP contribution < -0.4 is 9.80 Å². The van der Waals surface area contributed by atoms with Crippen molar-refractivity contribution in [2.24, 2.45) is 0 Å². The molecule has 0 bridgehead atoms. The van der Waals surface area contributed by atoms with E-state index in [0.717, 1.165) is 25.2 Å². The van der Waals surface area contributed by atoms with Crippen molar-refractivity contribution in [2.45, 2.75) is 13.0 Å². The van der Waals surface area contributed by atoms with E-state index >= 15 is 0 Å². The van der Waals surface area contributed by atoms with Gasteiger partial charge < -0.3 is 9.80 Å². The molecule has 1 aromatic heterocycles. The molecule has 1 amide bonds. The third-order valence-electron chi connectivity index (χ3n) is 4.75. The van der Waals surface area contributed by atoms with Crippen LogP contribution in [0.2, 0.25) is 0 Å². The van der Waals surface area contributed by atoms with Gasteiger partial charge in [-0.2, -0.15) is 0 Å². The van der Waals surface area contributed by atoms with Gasteiger partial charge in [-0.15, -0.1) is 0 Å². The highest BCUT2D eigenvalue weighted by molar-refractivity contribution is 6.05. The molecule has 0 spiro atoms. The topological polar surface area (TPSA) is 49.3 Å². The number of carbonyl (C=O) groups is 1. The number of hydrogen-bond donors (Lipinski definition) is 0. The Morgan fingerprint density at radius 3 is 2.35 bits per heavy atom. The second-order valence-corrected chi connectivity index (χ2v) is 6.41. The first-order chi connectivity index (χ1) is 12.7. The number of amides is 1. The van der Waals surface area contributed by atoms with Crippen LogP contribution in [-0.2, 0) is 13.0 Å². The van der Waals surface area contributed by atoms with Crippen molar-refractivity contribution in [3.05, 3.63) is 83.7 Å². The van der Waals surface area contributed by atoms with Crippen LogP contribution in [0.3, 0.4) is 0 Å². The summed E-state index contributed by atoms with van der Waals surface area (Å²) in [5.74, 6) is 0.546. The first-order valence-corrected chi connectivity index (χ1v) is 8.69. The molecule has 26 heavy (non-hydrogen) atoms. The third kappa shape index (κ3) is 3.16. The van der Waals surface area contributed by atoms with Gasteiger partial charge in [-0.25, -0.2) is 9.97 Å². The average Bonchev–Trinajstić information content (AvgIpc) is 2.73. The molecule has 0 saturated heterocycles. The van der Waals surface area contributed by atoms with Gasteiger partial charge in [0.2, 0.25) is 5.95 Å². The zero-order valence-electron chi connectivity index (χ0n) is 14.7. The number of anilines is 2. The third-order valence-corrected chi connectivity index (χ3v) is 4.75. The zero-order valence-corrected chi connectivity index (χ0v) is 14.7. The number of nitrogens with zero attached hydrogens (tertiary/aromatic N) is 4. The highest BCUT2D eigenvalue weighted by Gasteiger charge is 2.19. The van der Waals surface area contributed by atoms with Gasteiger partial charge >= 0.3 is 0 Å². The highest BCUT2D eigenvalue weighted by Crippen LogP contribution is 2.22. The minimum Gasteiger partial charge on any atom is -0.336 e. The van der Waals surface area contributed by atoms with Gasteiger partial charge in [0.1, 0.15) is 0 Å². The van der Waals surface area contributed by atoms with Crippen LogP contribution in [0.5, 0.6) is 0 Å². The number of hydrogen-bond acceptors (Lipinski definition) is 4. The molecule has 0 fully saturated rings. The Morgan fingerprint density at radius 1 is 0.962 bits per heavy atom. The molecule has 0 atom stereocenters. The Kier molecular flexibility index (Phi) is 4.35. The van der Waals surface area contributed by atoms with Gasteiger partial charge in [0.05, 0.1) is 5.56 Å². The SMILES string of the molecule is CN(C(=O)c1cnc(N2CCc3ccccc3C2)nc1)c1ccccc1. The summed E-state index contributed by atoms with van der Waals surface area (Å²) in [5.41, 5.74) is 4.03. The Balaban J connectivity index is 1.50. The van der Waals surface area contributed by atoms with Crippen molar-refractivity contribution in [1.82, 2.24) is 9.97 Å². The lowest BCUT2D eigenvalue weighted by Crippen LogP contribution is -2.32. The van der Waals surface area contributed by atoms with E-state index in [1.54, 1.807) is 24.3 Å². The number of para-hydroxylation sites is 1. The highest BCUT2D eigenvalue weighted by atomic mass is 16.2. The van der Waals surface area contributed by atoms with Crippen molar-refractivity contribution in [1.29, 1.82) is 0 Å². The molecule has 2 heterocycles. The van der Waals surface area contributed by atoms with Gasteiger partial charge in [-0.3, -0.25) is 4.79 Å². The summed E-state index contributed by atoms with van der Waals surface area (Å²) in [5, 5.41) is 0. The molecule has 1 aliphatic heterocycles. The molecular weight excluding hydrogens is 324 g/mol. The number of carbonyl (C=O) groups excluding carboxylic acids is 1. The van der Waals surface area contributed by atoms with E-state index in [1.165, 1.54) is 11.1 Å². The summed E-state index contributed by atoms with van der Waals surface area (Å²) < 4.78 is 0. The fourth-order valence-electron chi connectivity index (χ4n) is 3.22. The molecule has 0 N–H and O–H groups in total. The molecular formula is C21H20N4O. The molecule has 5 nitrogen and oxygen atoms in total. The van der Waals surface area contributed by atoms with E-state index in [-0.39, 0.29) is 5.91 Å². The Hall–Kier alpha value is -3.21. The van der Waals surface area contributed by atoms with E-state index in [9.17, 15) is 4.79 Å². The Morgan fingerprint density at radius 2 is 1.62 bits per heavy atom. The van der Waals surface area contributed by atoms with Crippen LogP contribution in [0.1, 0.15) is 21.5 Å².